The quantitative estimate of drug-likeness (QED) is 0.481. The van der Waals surface area contributed by atoms with Crippen molar-refractivity contribution in [1.29, 1.82) is 0 Å². The third-order valence-corrected chi connectivity index (χ3v) is 1.93. The van der Waals surface area contributed by atoms with Crippen molar-refractivity contribution >= 4 is 7.60 Å². The molecule has 2 N–H and O–H groups in total. The van der Waals surface area contributed by atoms with Crippen LogP contribution in [-0.2, 0) is 4.57 Å². The lowest BCUT2D eigenvalue weighted by Gasteiger charge is -2.18. The molecule has 0 aliphatic heterocycles. The molecule has 0 aromatic rings. The van der Waals surface area contributed by atoms with Gasteiger partial charge < -0.3 is 9.79 Å². The zero-order valence-corrected chi connectivity index (χ0v) is 7.78. The molecule has 0 radical (unpaired) electrons. The highest BCUT2D eigenvalue weighted by molar-refractivity contribution is 7.51. The van der Waals surface area contributed by atoms with E-state index in [2.05, 4.69) is 13.2 Å². The van der Waals surface area contributed by atoms with Crippen molar-refractivity contribution < 1.29 is 14.4 Å². The van der Waals surface area contributed by atoms with Crippen molar-refractivity contribution in [1.82, 2.24) is 4.90 Å². The Bertz CT molecular complexity index is 189. The van der Waals surface area contributed by atoms with Gasteiger partial charge in [0.1, 0.15) is 6.29 Å². The molecule has 0 aliphatic carbocycles. The van der Waals surface area contributed by atoms with Crippen molar-refractivity contribution in [2.24, 2.45) is 0 Å². The van der Waals surface area contributed by atoms with Gasteiger partial charge in [-0.3, -0.25) is 9.46 Å². The Kier molecular flexibility index (Phi) is 5.09. The van der Waals surface area contributed by atoms with Crippen LogP contribution in [0.1, 0.15) is 0 Å². The third-order valence-electron chi connectivity index (χ3n) is 1.16. The van der Waals surface area contributed by atoms with E-state index in [4.69, 9.17) is 9.79 Å². The fraction of sp³-hybridized carbons (Fsp3) is 0.429. The van der Waals surface area contributed by atoms with Crippen molar-refractivity contribution in [3.05, 3.63) is 25.3 Å². The first-order valence-corrected chi connectivity index (χ1v) is 5.28. The molecule has 0 saturated carbocycles. The molecule has 0 aromatic heterocycles. The van der Waals surface area contributed by atoms with E-state index < -0.39 is 7.60 Å². The maximum atomic E-state index is 10.6. The van der Waals surface area contributed by atoms with E-state index in [-0.39, 0.29) is 6.29 Å². The number of nitrogens with zero attached hydrogens (tertiary/aromatic N) is 1. The summed E-state index contributed by atoms with van der Waals surface area (Å²) in [6.07, 6.45) is 2.95. The second-order valence-electron chi connectivity index (χ2n) is 2.42. The minimum Gasteiger partial charge on any atom is -0.324 e. The summed E-state index contributed by atoms with van der Waals surface area (Å²) in [6, 6.07) is 0. The van der Waals surface area contributed by atoms with Crippen LogP contribution in [0.25, 0.3) is 0 Å². The van der Waals surface area contributed by atoms with Crippen LogP contribution < -0.4 is 0 Å². The van der Waals surface area contributed by atoms with Crippen LogP contribution in [0.4, 0.5) is 0 Å². The van der Waals surface area contributed by atoms with Crippen LogP contribution in [0.3, 0.4) is 0 Å². The predicted molar refractivity (Wildman–Crippen MR) is 48.9 cm³/mol. The molecule has 0 bridgehead atoms. The summed E-state index contributed by atoms with van der Waals surface area (Å²) in [7, 11) is -3.95. The van der Waals surface area contributed by atoms with Crippen molar-refractivity contribution in [2.75, 3.05) is 19.4 Å². The first-order valence-electron chi connectivity index (χ1n) is 3.48. The fourth-order valence-corrected chi connectivity index (χ4v) is 1.57. The minimum atomic E-state index is -3.95. The van der Waals surface area contributed by atoms with Crippen LogP contribution in [-0.4, -0.2) is 34.1 Å². The van der Waals surface area contributed by atoms with Gasteiger partial charge in [0, 0.05) is 13.1 Å². The summed E-state index contributed by atoms with van der Waals surface area (Å²) >= 11 is 0. The Balaban J connectivity index is 4.02. The van der Waals surface area contributed by atoms with Gasteiger partial charge >= 0.3 is 7.60 Å². The second-order valence-corrected chi connectivity index (χ2v) is 4.03. The molecule has 70 valence electrons. The van der Waals surface area contributed by atoms with Gasteiger partial charge in [0.25, 0.3) is 0 Å². The first-order chi connectivity index (χ1) is 5.49. The molecule has 0 spiro atoms. The van der Waals surface area contributed by atoms with E-state index in [1.807, 2.05) is 0 Å². The molecule has 4 nitrogen and oxygen atoms in total. The van der Waals surface area contributed by atoms with E-state index in [0.717, 1.165) is 0 Å². The largest absolute Gasteiger partial charge is 0.339 e. The molecule has 0 amide bonds. The average Bonchev–Trinajstić information content (AvgIpc) is 1.84. The summed E-state index contributed by atoms with van der Waals surface area (Å²) < 4.78 is 10.6. The molecule has 0 aliphatic rings. The Labute approximate surface area is 72.4 Å². The van der Waals surface area contributed by atoms with Crippen LogP contribution in [0.15, 0.2) is 25.3 Å². The average molecular weight is 191 g/mol. The van der Waals surface area contributed by atoms with E-state index in [1.54, 1.807) is 17.1 Å². The summed E-state index contributed by atoms with van der Waals surface area (Å²) in [5, 5.41) is 0. The molecule has 0 aromatic carbocycles. The van der Waals surface area contributed by atoms with Crippen LogP contribution >= 0.6 is 7.60 Å². The fourth-order valence-electron chi connectivity index (χ4n) is 0.816. The SMILES string of the molecule is C=CCN(CC=C)CP(=O)(O)O. The Morgan fingerprint density at radius 2 is 1.67 bits per heavy atom. The summed E-state index contributed by atoms with van der Waals surface area (Å²) in [5.74, 6) is 0. The number of rotatable bonds is 6. The lowest BCUT2D eigenvalue weighted by Crippen LogP contribution is -2.24. The van der Waals surface area contributed by atoms with E-state index in [9.17, 15) is 4.57 Å². The maximum Gasteiger partial charge on any atom is 0.339 e. The standard InChI is InChI=1S/C7H14NO3P/c1-3-5-8(6-4-2)7-12(9,10)11/h3-4H,1-2,5-7H2,(H2,9,10,11). The van der Waals surface area contributed by atoms with Crippen molar-refractivity contribution in [3.63, 3.8) is 0 Å². The zero-order chi connectivity index (χ0) is 9.61. The highest BCUT2D eigenvalue weighted by atomic mass is 31.2. The van der Waals surface area contributed by atoms with Gasteiger partial charge in [-0.1, -0.05) is 12.2 Å². The Hall–Kier alpha value is -0.410. The van der Waals surface area contributed by atoms with Gasteiger partial charge in [0.15, 0.2) is 0 Å². The maximum absolute atomic E-state index is 10.6. The summed E-state index contributed by atoms with van der Waals surface area (Å²) in [6.45, 7) is 7.88. The van der Waals surface area contributed by atoms with Gasteiger partial charge in [-0.15, -0.1) is 13.2 Å². The van der Waals surface area contributed by atoms with Crippen molar-refractivity contribution in [2.45, 2.75) is 0 Å². The Morgan fingerprint density at radius 3 is 1.92 bits per heavy atom. The highest BCUT2D eigenvalue weighted by Crippen LogP contribution is 2.34. The van der Waals surface area contributed by atoms with Gasteiger partial charge in [0.05, 0.1) is 0 Å². The van der Waals surface area contributed by atoms with Crippen molar-refractivity contribution in [3.8, 4) is 0 Å². The van der Waals surface area contributed by atoms with Gasteiger partial charge in [-0.25, -0.2) is 0 Å². The monoisotopic (exact) mass is 191 g/mol. The number of hydrogen-bond acceptors (Lipinski definition) is 2. The molecule has 0 rings (SSSR count). The normalized spacial score (nSPS) is 11.6. The van der Waals surface area contributed by atoms with E-state index in [1.165, 1.54) is 0 Å². The molecular formula is C7H14NO3P. The lowest BCUT2D eigenvalue weighted by molar-refractivity contribution is 0.313. The van der Waals surface area contributed by atoms with Crippen LogP contribution in [0, 0.1) is 0 Å². The molecule has 0 saturated heterocycles. The van der Waals surface area contributed by atoms with E-state index in [0.29, 0.717) is 13.1 Å². The Morgan fingerprint density at radius 1 is 1.25 bits per heavy atom. The molecule has 0 fully saturated rings. The summed E-state index contributed by atoms with van der Waals surface area (Å²) in [5.41, 5.74) is 0. The molecule has 0 unspecified atom stereocenters. The zero-order valence-electron chi connectivity index (χ0n) is 6.89. The third kappa shape index (κ3) is 6.31. The topological polar surface area (TPSA) is 60.8 Å². The predicted octanol–water partition coefficient (Wildman–Crippen LogP) is 0.796. The summed E-state index contributed by atoms with van der Waals surface area (Å²) in [4.78, 5) is 18.9. The highest BCUT2D eigenvalue weighted by Gasteiger charge is 2.16. The number of hydrogen-bond donors (Lipinski definition) is 2. The molecule has 12 heavy (non-hydrogen) atoms. The molecule has 0 atom stereocenters. The first kappa shape index (κ1) is 11.6. The molecule has 0 heterocycles. The van der Waals surface area contributed by atoms with Gasteiger partial charge in [-0.05, 0) is 0 Å². The minimum absolute atomic E-state index is 0.245. The second kappa shape index (κ2) is 5.27. The smallest absolute Gasteiger partial charge is 0.324 e. The van der Waals surface area contributed by atoms with Crippen LogP contribution in [0.2, 0.25) is 0 Å². The molecule has 5 heteroatoms. The van der Waals surface area contributed by atoms with E-state index >= 15 is 0 Å². The molecular weight excluding hydrogens is 177 g/mol. The van der Waals surface area contributed by atoms with Gasteiger partial charge in [-0.2, -0.15) is 0 Å². The van der Waals surface area contributed by atoms with Crippen LogP contribution in [0.5, 0.6) is 0 Å². The van der Waals surface area contributed by atoms with Gasteiger partial charge in [0.2, 0.25) is 0 Å². The lowest BCUT2D eigenvalue weighted by atomic mass is 10.5.